The van der Waals surface area contributed by atoms with E-state index in [0.29, 0.717) is 6.42 Å². The Morgan fingerprint density at radius 1 is 1.53 bits per heavy atom. The predicted molar refractivity (Wildman–Crippen MR) is 73.4 cm³/mol. The smallest absolute Gasteiger partial charge is 0.0739 e. The summed E-state index contributed by atoms with van der Waals surface area (Å²) >= 11 is 1.90. The third-order valence-corrected chi connectivity index (χ3v) is 5.28. The van der Waals surface area contributed by atoms with Gasteiger partial charge in [0.2, 0.25) is 0 Å². The molecule has 2 heterocycles. The molecular weight excluding hydrogens is 230 g/mol. The molecule has 0 amide bonds. The highest BCUT2D eigenvalue weighted by atomic mass is 32.2. The molecule has 0 bridgehead atoms. The van der Waals surface area contributed by atoms with Crippen LogP contribution in [0.5, 0.6) is 0 Å². The summed E-state index contributed by atoms with van der Waals surface area (Å²) in [6, 6.07) is 4.16. The van der Waals surface area contributed by atoms with E-state index >= 15 is 0 Å². The van der Waals surface area contributed by atoms with Gasteiger partial charge in [-0.15, -0.1) is 0 Å². The molecule has 2 rings (SSSR count). The SMILES string of the molecule is CCc1ccc(CC(O)C2(C)CCCS2)nc1. The van der Waals surface area contributed by atoms with Gasteiger partial charge in [-0.25, -0.2) is 0 Å². The van der Waals surface area contributed by atoms with E-state index < -0.39 is 0 Å². The maximum Gasteiger partial charge on any atom is 0.0739 e. The summed E-state index contributed by atoms with van der Waals surface area (Å²) in [4.78, 5) is 4.42. The third-order valence-electron chi connectivity index (χ3n) is 3.65. The predicted octanol–water partition coefficient (Wildman–Crippen LogP) is 2.83. The molecule has 94 valence electrons. The molecule has 1 saturated heterocycles. The second-order valence-electron chi connectivity index (χ2n) is 5.00. The van der Waals surface area contributed by atoms with Gasteiger partial charge in [-0.2, -0.15) is 11.8 Å². The number of aliphatic hydroxyl groups excluding tert-OH is 1. The lowest BCUT2D eigenvalue weighted by atomic mass is 9.95. The molecule has 2 unspecified atom stereocenters. The van der Waals surface area contributed by atoms with E-state index in [9.17, 15) is 5.11 Å². The van der Waals surface area contributed by atoms with E-state index in [1.807, 2.05) is 24.0 Å². The number of aliphatic hydroxyl groups is 1. The maximum absolute atomic E-state index is 10.3. The van der Waals surface area contributed by atoms with Crippen molar-refractivity contribution in [1.29, 1.82) is 0 Å². The Labute approximate surface area is 108 Å². The lowest BCUT2D eigenvalue weighted by Crippen LogP contribution is -2.35. The minimum Gasteiger partial charge on any atom is -0.391 e. The Balaban J connectivity index is 1.99. The highest BCUT2D eigenvalue weighted by Gasteiger charge is 2.36. The molecule has 17 heavy (non-hydrogen) atoms. The number of hydrogen-bond donors (Lipinski definition) is 1. The lowest BCUT2D eigenvalue weighted by Gasteiger charge is -2.28. The molecule has 1 aliphatic rings. The number of aromatic nitrogens is 1. The van der Waals surface area contributed by atoms with Crippen LogP contribution in [0.25, 0.3) is 0 Å². The molecule has 2 nitrogen and oxygen atoms in total. The van der Waals surface area contributed by atoms with E-state index in [0.717, 1.165) is 18.5 Å². The highest BCUT2D eigenvalue weighted by molar-refractivity contribution is 8.00. The standard InChI is InChI=1S/C14H21NOS/c1-3-11-5-6-12(15-10-11)9-13(16)14(2)7-4-8-17-14/h5-6,10,13,16H,3-4,7-9H2,1-2H3. The monoisotopic (exact) mass is 251 g/mol. The number of aryl methyl sites for hydroxylation is 1. The van der Waals surface area contributed by atoms with Crippen molar-refractivity contribution < 1.29 is 5.11 Å². The van der Waals surface area contributed by atoms with Crippen molar-refractivity contribution in [3.8, 4) is 0 Å². The molecule has 1 N–H and O–H groups in total. The number of hydrogen-bond acceptors (Lipinski definition) is 3. The summed E-state index contributed by atoms with van der Waals surface area (Å²) in [6.45, 7) is 4.30. The van der Waals surface area contributed by atoms with Crippen LogP contribution in [0, 0.1) is 0 Å². The Kier molecular flexibility index (Phi) is 4.10. The van der Waals surface area contributed by atoms with Crippen molar-refractivity contribution >= 4 is 11.8 Å². The zero-order valence-electron chi connectivity index (χ0n) is 10.6. The van der Waals surface area contributed by atoms with E-state index in [2.05, 4.69) is 24.9 Å². The van der Waals surface area contributed by atoms with E-state index in [-0.39, 0.29) is 10.9 Å². The molecule has 1 fully saturated rings. The Bertz CT molecular complexity index is 357. The Morgan fingerprint density at radius 3 is 2.88 bits per heavy atom. The number of pyridine rings is 1. The zero-order valence-corrected chi connectivity index (χ0v) is 11.5. The first kappa shape index (κ1) is 12.9. The van der Waals surface area contributed by atoms with Gasteiger partial charge < -0.3 is 5.11 Å². The molecule has 0 spiro atoms. The normalized spacial score (nSPS) is 26.1. The fraction of sp³-hybridized carbons (Fsp3) is 0.643. The van der Waals surface area contributed by atoms with Gasteiger partial charge >= 0.3 is 0 Å². The van der Waals surface area contributed by atoms with Gasteiger partial charge in [0.05, 0.1) is 6.10 Å². The van der Waals surface area contributed by atoms with Crippen LogP contribution in [0.4, 0.5) is 0 Å². The van der Waals surface area contributed by atoms with Crippen LogP contribution in [0.2, 0.25) is 0 Å². The quantitative estimate of drug-likeness (QED) is 0.893. The minimum absolute atomic E-state index is 0.0328. The third kappa shape index (κ3) is 3.02. The van der Waals surface area contributed by atoms with Gasteiger partial charge in [0.1, 0.15) is 0 Å². The van der Waals surface area contributed by atoms with Crippen molar-refractivity contribution in [3.63, 3.8) is 0 Å². The molecule has 0 aromatic carbocycles. The van der Waals surface area contributed by atoms with Gasteiger partial charge in [-0.1, -0.05) is 13.0 Å². The summed E-state index contributed by atoms with van der Waals surface area (Å²) in [5, 5.41) is 10.3. The fourth-order valence-corrected chi connectivity index (χ4v) is 3.58. The van der Waals surface area contributed by atoms with Crippen molar-refractivity contribution in [1.82, 2.24) is 4.98 Å². The topological polar surface area (TPSA) is 33.1 Å². The summed E-state index contributed by atoms with van der Waals surface area (Å²) in [5.74, 6) is 1.18. The maximum atomic E-state index is 10.3. The van der Waals surface area contributed by atoms with Gasteiger partial charge in [-0.05, 0) is 43.6 Å². The second-order valence-corrected chi connectivity index (χ2v) is 6.63. The first-order valence-corrected chi connectivity index (χ1v) is 7.38. The minimum atomic E-state index is -0.282. The van der Waals surface area contributed by atoms with Crippen molar-refractivity contribution in [2.24, 2.45) is 0 Å². The Morgan fingerprint density at radius 2 is 2.35 bits per heavy atom. The number of rotatable bonds is 4. The lowest BCUT2D eigenvalue weighted by molar-refractivity contribution is 0.132. The Hall–Kier alpha value is -0.540. The first-order chi connectivity index (χ1) is 8.14. The van der Waals surface area contributed by atoms with Crippen molar-refractivity contribution in [2.45, 2.75) is 50.4 Å². The molecular formula is C14H21NOS. The van der Waals surface area contributed by atoms with Gasteiger partial charge in [0.25, 0.3) is 0 Å². The van der Waals surface area contributed by atoms with Crippen molar-refractivity contribution in [3.05, 3.63) is 29.6 Å². The number of nitrogens with zero attached hydrogens (tertiary/aromatic N) is 1. The summed E-state index contributed by atoms with van der Waals surface area (Å²) in [7, 11) is 0. The number of thioether (sulfide) groups is 1. The molecule has 0 radical (unpaired) electrons. The van der Waals surface area contributed by atoms with Crippen LogP contribution in [-0.4, -0.2) is 26.7 Å². The molecule has 1 aromatic rings. The molecule has 2 atom stereocenters. The van der Waals surface area contributed by atoms with Crippen LogP contribution in [-0.2, 0) is 12.8 Å². The largest absolute Gasteiger partial charge is 0.391 e. The van der Waals surface area contributed by atoms with Crippen molar-refractivity contribution in [2.75, 3.05) is 5.75 Å². The average Bonchev–Trinajstić information content (AvgIpc) is 2.78. The van der Waals surface area contributed by atoms with E-state index in [4.69, 9.17) is 0 Å². The molecule has 0 aliphatic carbocycles. The van der Waals surface area contributed by atoms with Gasteiger partial charge in [0.15, 0.2) is 0 Å². The van der Waals surface area contributed by atoms with Crippen LogP contribution in [0.15, 0.2) is 18.3 Å². The van der Waals surface area contributed by atoms with Crippen LogP contribution < -0.4 is 0 Å². The van der Waals surface area contributed by atoms with E-state index in [1.165, 1.54) is 17.7 Å². The molecule has 1 aliphatic heterocycles. The average molecular weight is 251 g/mol. The summed E-state index contributed by atoms with van der Waals surface area (Å²) in [6.07, 6.45) is 5.67. The summed E-state index contributed by atoms with van der Waals surface area (Å²) in [5.41, 5.74) is 2.26. The second kappa shape index (κ2) is 5.40. The zero-order chi connectivity index (χ0) is 12.3. The van der Waals surface area contributed by atoms with Crippen LogP contribution in [0.1, 0.15) is 37.9 Å². The van der Waals surface area contributed by atoms with Gasteiger partial charge in [-0.3, -0.25) is 4.98 Å². The first-order valence-electron chi connectivity index (χ1n) is 6.40. The molecule has 3 heteroatoms. The highest BCUT2D eigenvalue weighted by Crippen LogP contribution is 2.41. The summed E-state index contributed by atoms with van der Waals surface area (Å²) < 4.78 is 0.0328. The fourth-order valence-electron chi connectivity index (χ4n) is 2.26. The van der Waals surface area contributed by atoms with E-state index in [1.54, 1.807) is 0 Å². The van der Waals surface area contributed by atoms with Crippen LogP contribution in [0.3, 0.4) is 0 Å². The molecule has 1 aromatic heterocycles. The molecule has 0 saturated carbocycles. The van der Waals surface area contributed by atoms with Gasteiger partial charge in [0, 0.05) is 23.1 Å². The van der Waals surface area contributed by atoms with Crippen LogP contribution >= 0.6 is 11.8 Å².